The highest BCUT2D eigenvalue weighted by Gasteiger charge is 2.22. The third-order valence-electron chi connectivity index (χ3n) is 3.66. The molecule has 25 heavy (non-hydrogen) atoms. The Bertz CT molecular complexity index is 859. The molecule has 2 aromatic carbocycles. The molecule has 0 unspecified atom stereocenters. The Morgan fingerprint density at radius 1 is 1.24 bits per heavy atom. The summed E-state index contributed by atoms with van der Waals surface area (Å²) in [6.45, 7) is 2.07. The minimum absolute atomic E-state index is 0.370. The van der Waals surface area contributed by atoms with Gasteiger partial charge in [-0.2, -0.15) is 0 Å². The Hall–Kier alpha value is -2.79. The Labute approximate surface area is 150 Å². The lowest BCUT2D eigenvalue weighted by Gasteiger charge is -2.13. The van der Waals surface area contributed by atoms with Crippen LogP contribution in [0.5, 0.6) is 11.5 Å². The first kappa shape index (κ1) is 17.0. The largest absolute Gasteiger partial charge is 0.493 e. The number of hydrogen-bond donors (Lipinski definition) is 0. The summed E-state index contributed by atoms with van der Waals surface area (Å²) in [5.74, 6) is 0.447. The summed E-state index contributed by atoms with van der Waals surface area (Å²) in [6, 6.07) is 13.2. The van der Waals surface area contributed by atoms with Crippen LogP contribution in [-0.2, 0) is 16.2 Å². The molecule has 0 bridgehead atoms. The van der Waals surface area contributed by atoms with Crippen LogP contribution in [0.15, 0.2) is 53.2 Å². The SMILES string of the molecule is COc1cc(/C=C2/C(=O)ON=C2C)cc(Cl)c1OCc1ccccc1. The van der Waals surface area contributed by atoms with Crippen LogP contribution < -0.4 is 9.47 Å². The topological polar surface area (TPSA) is 57.1 Å². The molecule has 0 radical (unpaired) electrons. The van der Waals surface area contributed by atoms with Gasteiger partial charge in [0.2, 0.25) is 0 Å². The van der Waals surface area contributed by atoms with E-state index in [4.69, 9.17) is 21.1 Å². The fourth-order valence-electron chi connectivity index (χ4n) is 2.38. The molecular weight excluding hydrogens is 342 g/mol. The minimum atomic E-state index is -0.489. The summed E-state index contributed by atoms with van der Waals surface area (Å²) in [7, 11) is 1.54. The number of halogens is 1. The standard InChI is InChI=1S/C19H16ClNO4/c1-12-15(19(22)25-21-12)8-14-9-16(20)18(17(10-14)23-2)24-11-13-6-4-3-5-7-13/h3-10H,11H2,1-2H3/b15-8+. The number of methoxy groups -OCH3 is 1. The molecular formula is C19H16ClNO4. The molecule has 0 atom stereocenters. The maximum absolute atomic E-state index is 11.7. The summed E-state index contributed by atoms with van der Waals surface area (Å²) >= 11 is 6.36. The van der Waals surface area contributed by atoms with E-state index >= 15 is 0 Å². The maximum Gasteiger partial charge on any atom is 0.367 e. The van der Waals surface area contributed by atoms with E-state index in [0.29, 0.717) is 40.0 Å². The number of rotatable bonds is 5. The van der Waals surface area contributed by atoms with Crippen molar-refractivity contribution in [3.63, 3.8) is 0 Å². The molecule has 0 saturated heterocycles. The highest BCUT2D eigenvalue weighted by Crippen LogP contribution is 2.37. The normalized spacial score (nSPS) is 15.1. The Balaban J connectivity index is 1.87. The summed E-state index contributed by atoms with van der Waals surface area (Å²) in [6.07, 6.45) is 1.66. The van der Waals surface area contributed by atoms with Crippen LogP contribution in [0.25, 0.3) is 6.08 Å². The lowest BCUT2D eigenvalue weighted by Crippen LogP contribution is -2.02. The summed E-state index contributed by atoms with van der Waals surface area (Å²) in [5.41, 5.74) is 2.62. The zero-order chi connectivity index (χ0) is 17.8. The fraction of sp³-hybridized carbons (Fsp3) is 0.158. The molecule has 1 aliphatic rings. The number of nitrogens with zero attached hydrogens (tertiary/aromatic N) is 1. The molecule has 0 N–H and O–H groups in total. The molecule has 5 nitrogen and oxygen atoms in total. The second-order valence-electron chi connectivity index (χ2n) is 5.42. The number of carbonyl (C=O) groups excluding carboxylic acids is 1. The van der Waals surface area contributed by atoms with E-state index in [2.05, 4.69) is 9.99 Å². The van der Waals surface area contributed by atoms with Crippen molar-refractivity contribution in [2.45, 2.75) is 13.5 Å². The van der Waals surface area contributed by atoms with Crippen molar-refractivity contribution in [2.24, 2.45) is 5.16 Å². The highest BCUT2D eigenvalue weighted by molar-refractivity contribution is 6.32. The lowest BCUT2D eigenvalue weighted by molar-refractivity contribution is -0.136. The van der Waals surface area contributed by atoms with Gasteiger partial charge in [0, 0.05) is 0 Å². The van der Waals surface area contributed by atoms with Crippen LogP contribution in [0.3, 0.4) is 0 Å². The first-order valence-corrected chi connectivity index (χ1v) is 7.98. The molecule has 0 spiro atoms. The fourth-order valence-corrected chi connectivity index (χ4v) is 2.65. The molecule has 0 fully saturated rings. The van der Waals surface area contributed by atoms with Crippen molar-refractivity contribution >= 4 is 29.4 Å². The predicted molar refractivity (Wildman–Crippen MR) is 96.0 cm³/mol. The monoisotopic (exact) mass is 357 g/mol. The van der Waals surface area contributed by atoms with Gasteiger partial charge in [-0.15, -0.1) is 0 Å². The van der Waals surface area contributed by atoms with E-state index < -0.39 is 5.97 Å². The Morgan fingerprint density at radius 2 is 2.00 bits per heavy atom. The lowest BCUT2D eigenvalue weighted by atomic mass is 10.1. The third-order valence-corrected chi connectivity index (χ3v) is 3.94. The molecule has 0 saturated carbocycles. The number of ether oxygens (including phenoxy) is 2. The number of benzene rings is 2. The highest BCUT2D eigenvalue weighted by atomic mass is 35.5. The molecule has 6 heteroatoms. The predicted octanol–water partition coefficient (Wildman–Crippen LogP) is 4.24. The summed E-state index contributed by atoms with van der Waals surface area (Å²) in [5, 5.41) is 4.04. The van der Waals surface area contributed by atoms with Gasteiger partial charge in [0.1, 0.15) is 6.61 Å². The van der Waals surface area contributed by atoms with Crippen molar-refractivity contribution in [2.75, 3.05) is 7.11 Å². The van der Waals surface area contributed by atoms with Crippen LogP contribution in [0, 0.1) is 0 Å². The summed E-state index contributed by atoms with van der Waals surface area (Å²) in [4.78, 5) is 16.3. The number of hydrogen-bond acceptors (Lipinski definition) is 5. The first-order valence-electron chi connectivity index (χ1n) is 7.60. The van der Waals surface area contributed by atoms with E-state index in [1.807, 2.05) is 30.3 Å². The van der Waals surface area contributed by atoms with Crippen molar-refractivity contribution < 1.29 is 19.1 Å². The van der Waals surface area contributed by atoms with Crippen molar-refractivity contribution in [3.05, 3.63) is 64.2 Å². The maximum atomic E-state index is 11.7. The van der Waals surface area contributed by atoms with Gasteiger partial charge in [0.15, 0.2) is 11.5 Å². The first-order chi connectivity index (χ1) is 12.1. The van der Waals surface area contributed by atoms with E-state index in [1.165, 1.54) is 7.11 Å². The quantitative estimate of drug-likeness (QED) is 0.593. The zero-order valence-corrected chi connectivity index (χ0v) is 14.5. The van der Waals surface area contributed by atoms with Crippen LogP contribution in [0.1, 0.15) is 18.1 Å². The van der Waals surface area contributed by atoms with Crippen molar-refractivity contribution in [1.82, 2.24) is 0 Å². The van der Waals surface area contributed by atoms with Crippen molar-refractivity contribution in [1.29, 1.82) is 0 Å². The average molecular weight is 358 g/mol. The molecule has 128 valence electrons. The van der Waals surface area contributed by atoms with Crippen LogP contribution in [0.2, 0.25) is 5.02 Å². The molecule has 0 aromatic heterocycles. The van der Waals surface area contributed by atoms with Gasteiger partial charge >= 0.3 is 5.97 Å². The second-order valence-corrected chi connectivity index (χ2v) is 5.83. The van der Waals surface area contributed by atoms with Crippen molar-refractivity contribution in [3.8, 4) is 11.5 Å². The average Bonchev–Trinajstić information content (AvgIpc) is 2.93. The summed E-state index contributed by atoms with van der Waals surface area (Å²) < 4.78 is 11.2. The van der Waals surface area contributed by atoms with Gasteiger partial charge in [-0.1, -0.05) is 47.1 Å². The molecule has 1 heterocycles. The third kappa shape index (κ3) is 3.83. The van der Waals surface area contributed by atoms with Gasteiger partial charge in [0.25, 0.3) is 0 Å². The van der Waals surface area contributed by atoms with Gasteiger partial charge < -0.3 is 14.3 Å². The zero-order valence-electron chi connectivity index (χ0n) is 13.8. The van der Waals surface area contributed by atoms with E-state index in [1.54, 1.807) is 25.1 Å². The Kier molecular flexibility index (Phi) is 5.05. The van der Waals surface area contributed by atoms with Gasteiger partial charge in [-0.05, 0) is 36.3 Å². The molecule has 0 amide bonds. The van der Waals surface area contributed by atoms with E-state index in [-0.39, 0.29) is 0 Å². The van der Waals surface area contributed by atoms with Gasteiger partial charge in [-0.3, -0.25) is 0 Å². The smallest absolute Gasteiger partial charge is 0.367 e. The second kappa shape index (κ2) is 7.40. The van der Waals surface area contributed by atoms with Gasteiger partial charge in [-0.25, -0.2) is 4.79 Å². The molecule has 1 aliphatic heterocycles. The van der Waals surface area contributed by atoms with Crippen LogP contribution in [-0.4, -0.2) is 18.8 Å². The molecule has 0 aliphatic carbocycles. The van der Waals surface area contributed by atoms with Crippen LogP contribution >= 0.6 is 11.6 Å². The van der Waals surface area contributed by atoms with E-state index in [0.717, 1.165) is 5.56 Å². The van der Waals surface area contributed by atoms with E-state index in [9.17, 15) is 4.79 Å². The molecule has 3 rings (SSSR count). The Morgan fingerprint density at radius 3 is 2.64 bits per heavy atom. The number of carbonyl (C=O) groups is 1. The molecule has 2 aromatic rings. The van der Waals surface area contributed by atoms with Crippen LogP contribution in [0.4, 0.5) is 0 Å². The number of oxime groups is 1. The van der Waals surface area contributed by atoms with Gasteiger partial charge in [0.05, 0.1) is 23.4 Å². The minimum Gasteiger partial charge on any atom is -0.493 e.